The summed E-state index contributed by atoms with van der Waals surface area (Å²) in [5.41, 5.74) is 8.09. The molecule has 2 aromatic carbocycles. The van der Waals surface area contributed by atoms with Crippen LogP contribution in [0.3, 0.4) is 0 Å². The van der Waals surface area contributed by atoms with Gasteiger partial charge in [0, 0.05) is 76.5 Å². The Labute approximate surface area is 315 Å². The zero-order valence-electron chi connectivity index (χ0n) is 31.1. The molecule has 2 bridgehead atoms. The van der Waals surface area contributed by atoms with Gasteiger partial charge in [0.15, 0.2) is 11.6 Å². The molecule has 0 saturated heterocycles. The van der Waals surface area contributed by atoms with Crippen molar-refractivity contribution >= 4 is 34.9 Å². The number of Topliss-reactive ketones (excluding diaryl/α,β-unsaturated/α-hetero) is 1. The number of imidazole rings is 2. The Morgan fingerprint density at radius 1 is 0.943 bits per heavy atom. The van der Waals surface area contributed by atoms with E-state index in [2.05, 4.69) is 20.5 Å². The largest absolute Gasteiger partial charge is 0.469 e. The number of esters is 1. The minimum Gasteiger partial charge on any atom is -0.469 e. The molecule has 0 radical (unpaired) electrons. The van der Waals surface area contributed by atoms with Gasteiger partial charge in [-0.05, 0) is 80.2 Å². The quantitative estimate of drug-likeness (QED) is 0.151. The molecule has 1 amide bonds. The maximum absolute atomic E-state index is 13.8. The number of fused-ring (bicyclic) bond motifs is 4. The van der Waals surface area contributed by atoms with Crippen LogP contribution < -0.4 is 10.6 Å². The number of carbonyl (C=O) groups excluding carboxylic acids is 3. The summed E-state index contributed by atoms with van der Waals surface area (Å²) in [5.74, 6) is 0.475. The zero-order chi connectivity index (χ0) is 37.1. The molecule has 11 nitrogen and oxygen atoms in total. The lowest BCUT2D eigenvalue weighted by Crippen LogP contribution is -2.34. The van der Waals surface area contributed by atoms with Crippen molar-refractivity contribution in [3.63, 3.8) is 0 Å². The fourth-order valence-electron chi connectivity index (χ4n) is 9.67. The highest BCUT2D eigenvalue weighted by Gasteiger charge is 2.58. The van der Waals surface area contributed by atoms with Gasteiger partial charge in [0.2, 0.25) is 5.78 Å². The van der Waals surface area contributed by atoms with Crippen LogP contribution in [-0.2, 0) is 56.0 Å². The van der Waals surface area contributed by atoms with E-state index in [-0.39, 0.29) is 34.9 Å². The Balaban J connectivity index is 0.944. The molecule has 4 heterocycles. The monoisotopic (exact) mass is 737 g/mol. The van der Waals surface area contributed by atoms with E-state index in [0.29, 0.717) is 35.4 Å². The van der Waals surface area contributed by atoms with E-state index in [1.165, 1.54) is 7.11 Å². The number of halogens is 1. The van der Waals surface area contributed by atoms with E-state index in [9.17, 15) is 14.4 Å². The van der Waals surface area contributed by atoms with Gasteiger partial charge < -0.3 is 24.5 Å². The van der Waals surface area contributed by atoms with E-state index >= 15 is 0 Å². The minimum absolute atomic E-state index is 0.0239. The van der Waals surface area contributed by atoms with Gasteiger partial charge in [-0.1, -0.05) is 41.9 Å². The summed E-state index contributed by atoms with van der Waals surface area (Å²) in [6.07, 6.45) is 7.98. The number of ketones is 1. The van der Waals surface area contributed by atoms with E-state index < -0.39 is 0 Å². The highest BCUT2D eigenvalue weighted by molar-refractivity contribution is 6.36. The van der Waals surface area contributed by atoms with Crippen molar-refractivity contribution in [1.29, 1.82) is 0 Å². The molecular formula is C41H48ClN7O4. The predicted molar refractivity (Wildman–Crippen MR) is 203 cm³/mol. The number of hydrogen-bond donors (Lipinski definition) is 2. The number of methoxy groups -OCH3 is 1. The molecule has 2 N–H and O–H groups in total. The molecule has 12 heteroatoms. The molecule has 278 valence electrons. The molecule has 2 aliphatic carbocycles. The SMILES string of the molecule is COC(=O)C12CCC(CCN3CCc4c(nc(C(=O)Nc5cccc(-c6cccc(CC(=O)c7nc8c(n7C)CCNC8)c6C)c5Cl)n4C)C3)(CC1)C2. The highest BCUT2D eigenvalue weighted by Crippen LogP contribution is 2.63. The molecule has 2 aromatic heterocycles. The van der Waals surface area contributed by atoms with Gasteiger partial charge in [0.05, 0.1) is 34.6 Å². The van der Waals surface area contributed by atoms with Crippen molar-refractivity contribution in [3.05, 3.63) is 87.0 Å². The molecule has 4 aliphatic rings. The second-order valence-electron chi connectivity index (χ2n) is 15.7. The van der Waals surface area contributed by atoms with Crippen LogP contribution in [0.1, 0.15) is 93.7 Å². The number of carbonyl (C=O) groups is 3. The van der Waals surface area contributed by atoms with Crippen molar-refractivity contribution < 1.29 is 19.1 Å². The lowest BCUT2D eigenvalue weighted by Gasteiger charge is -2.32. The number of aromatic nitrogens is 4. The summed E-state index contributed by atoms with van der Waals surface area (Å²) >= 11 is 7.03. The van der Waals surface area contributed by atoms with E-state index in [4.69, 9.17) is 21.3 Å². The molecular weight excluding hydrogens is 690 g/mol. The topological polar surface area (TPSA) is 123 Å². The number of amides is 1. The van der Waals surface area contributed by atoms with Gasteiger partial charge in [0.1, 0.15) is 0 Å². The van der Waals surface area contributed by atoms with Crippen LogP contribution in [0.2, 0.25) is 5.02 Å². The van der Waals surface area contributed by atoms with Gasteiger partial charge in [0.25, 0.3) is 5.91 Å². The van der Waals surface area contributed by atoms with Crippen LogP contribution in [0.4, 0.5) is 5.69 Å². The average Bonchev–Trinajstić information content (AvgIpc) is 3.92. The first-order chi connectivity index (χ1) is 25.5. The van der Waals surface area contributed by atoms with Crippen LogP contribution >= 0.6 is 11.6 Å². The van der Waals surface area contributed by atoms with Gasteiger partial charge in [-0.15, -0.1) is 0 Å². The van der Waals surface area contributed by atoms with E-state index in [1.807, 2.05) is 60.5 Å². The van der Waals surface area contributed by atoms with Crippen molar-refractivity contribution in [2.45, 2.75) is 77.8 Å². The third-order valence-electron chi connectivity index (χ3n) is 12.8. The van der Waals surface area contributed by atoms with Crippen molar-refractivity contribution in [3.8, 4) is 11.1 Å². The fourth-order valence-corrected chi connectivity index (χ4v) is 9.95. The molecule has 2 fully saturated rings. The molecule has 8 rings (SSSR count). The first-order valence-electron chi connectivity index (χ1n) is 18.8. The Kier molecular flexibility index (Phi) is 9.31. The maximum Gasteiger partial charge on any atom is 0.311 e. The van der Waals surface area contributed by atoms with Crippen molar-refractivity contribution in [2.24, 2.45) is 24.9 Å². The number of rotatable bonds is 10. The zero-order valence-corrected chi connectivity index (χ0v) is 31.9. The van der Waals surface area contributed by atoms with Crippen LogP contribution in [0.5, 0.6) is 0 Å². The molecule has 2 aliphatic heterocycles. The highest BCUT2D eigenvalue weighted by atomic mass is 35.5. The van der Waals surface area contributed by atoms with E-state index in [0.717, 1.165) is 116 Å². The smallest absolute Gasteiger partial charge is 0.311 e. The number of anilines is 1. The Morgan fingerprint density at radius 3 is 2.43 bits per heavy atom. The summed E-state index contributed by atoms with van der Waals surface area (Å²) in [6, 6.07) is 11.5. The number of hydrogen-bond acceptors (Lipinski definition) is 8. The minimum atomic E-state index is -0.313. The average molecular weight is 738 g/mol. The lowest BCUT2D eigenvalue weighted by molar-refractivity contribution is -0.152. The first kappa shape index (κ1) is 35.7. The second-order valence-corrected chi connectivity index (χ2v) is 16.1. The summed E-state index contributed by atoms with van der Waals surface area (Å²) in [7, 11) is 5.34. The second kappa shape index (κ2) is 13.8. The van der Waals surface area contributed by atoms with Crippen LogP contribution in [0, 0.1) is 17.8 Å². The molecule has 4 aromatic rings. The van der Waals surface area contributed by atoms with Crippen LogP contribution in [0.25, 0.3) is 11.1 Å². The fraction of sp³-hybridized carbons (Fsp3) is 0.488. The number of benzene rings is 2. The Hall–Kier alpha value is -4.32. The molecule has 53 heavy (non-hydrogen) atoms. The first-order valence-corrected chi connectivity index (χ1v) is 19.2. The van der Waals surface area contributed by atoms with Gasteiger partial charge >= 0.3 is 5.97 Å². The maximum atomic E-state index is 13.8. The normalized spacial score (nSPS) is 22.1. The number of nitrogens with zero attached hydrogens (tertiary/aromatic N) is 5. The number of nitrogens with one attached hydrogen (secondary N) is 2. The summed E-state index contributed by atoms with van der Waals surface area (Å²) in [6.45, 7) is 6.13. The molecule has 0 spiro atoms. The Bertz CT molecular complexity index is 2130. The van der Waals surface area contributed by atoms with Gasteiger partial charge in [-0.2, -0.15) is 0 Å². The standard InChI is InChI=1S/C41H48ClN7O4/c1-25-26(21-34(50)36-44-30-22-43-18-11-32(30)47(36)2)7-5-8-27(25)28-9-6-10-29(35(28)42)46-38(51)37-45-31-23-49(19-12-33(31)48(37)3)20-17-40-13-15-41(24-40,16-14-40)39(52)53-4/h5-10,43H,11-24H2,1-4H3,(H,46,51). The molecule has 0 unspecified atom stereocenters. The van der Waals surface area contributed by atoms with Crippen molar-refractivity contribution in [1.82, 2.24) is 29.3 Å². The summed E-state index contributed by atoms with van der Waals surface area (Å²) < 4.78 is 9.02. The number of ether oxygens (including phenoxy) is 1. The molecule has 0 atom stereocenters. The third kappa shape index (κ3) is 6.30. The van der Waals surface area contributed by atoms with Gasteiger partial charge in [-0.25, -0.2) is 9.97 Å². The van der Waals surface area contributed by atoms with Crippen LogP contribution in [-0.4, -0.2) is 68.4 Å². The lowest BCUT2D eigenvalue weighted by atomic mass is 9.80. The van der Waals surface area contributed by atoms with Crippen LogP contribution in [0.15, 0.2) is 36.4 Å². The molecule has 2 saturated carbocycles. The predicted octanol–water partition coefficient (Wildman–Crippen LogP) is 5.98. The Morgan fingerprint density at radius 2 is 1.66 bits per heavy atom. The summed E-state index contributed by atoms with van der Waals surface area (Å²) in [5, 5.41) is 6.79. The van der Waals surface area contributed by atoms with Gasteiger partial charge in [-0.3, -0.25) is 19.3 Å². The van der Waals surface area contributed by atoms with E-state index in [1.54, 1.807) is 6.07 Å². The van der Waals surface area contributed by atoms with Crippen molar-refractivity contribution in [2.75, 3.05) is 32.1 Å². The third-order valence-corrected chi connectivity index (χ3v) is 13.2. The summed E-state index contributed by atoms with van der Waals surface area (Å²) in [4.78, 5) is 51.7.